The Labute approximate surface area is 75.5 Å². The molecule has 0 saturated heterocycles. The van der Waals surface area contributed by atoms with Crippen LogP contribution in [-0.2, 0) is 12.1 Å². The fourth-order valence-corrected chi connectivity index (χ4v) is 1.93. The molecule has 0 aliphatic rings. The van der Waals surface area contributed by atoms with Crippen molar-refractivity contribution in [3.8, 4) is 0 Å². The van der Waals surface area contributed by atoms with Gasteiger partial charge in [-0.15, -0.1) is 11.3 Å². The monoisotopic (exact) mass is 187 g/mol. The van der Waals surface area contributed by atoms with Crippen LogP contribution in [0.25, 0.3) is 0 Å². The number of nitrogens with two attached hydrogens (primary N) is 1. The minimum absolute atomic E-state index is 0.0141. The molecule has 4 heteroatoms. The molecule has 0 aliphatic carbocycles. The van der Waals surface area contributed by atoms with Crippen LogP contribution in [0.3, 0.4) is 0 Å². The van der Waals surface area contributed by atoms with Crippen molar-refractivity contribution in [3.05, 3.63) is 21.9 Å². The van der Waals surface area contributed by atoms with Gasteiger partial charge in [-0.3, -0.25) is 0 Å². The van der Waals surface area contributed by atoms with E-state index in [1.807, 2.05) is 11.4 Å². The molecule has 0 fully saturated rings. The van der Waals surface area contributed by atoms with Gasteiger partial charge in [-0.25, -0.2) is 0 Å². The number of aliphatic hydroxyl groups is 2. The second-order valence-corrected chi connectivity index (χ2v) is 3.99. The zero-order valence-corrected chi connectivity index (χ0v) is 7.77. The van der Waals surface area contributed by atoms with Crippen LogP contribution < -0.4 is 5.73 Å². The Balaban J connectivity index is 3.00. The third-order valence-electron chi connectivity index (χ3n) is 1.83. The summed E-state index contributed by atoms with van der Waals surface area (Å²) in [4.78, 5) is 0.828. The summed E-state index contributed by atoms with van der Waals surface area (Å²) < 4.78 is 0. The smallest absolute Gasteiger partial charge is 0.0777 e. The van der Waals surface area contributed by atoms with Crippen molar-refractivity contribution in [2.24, 2.45) is 5.73 Å². The molecule has 0 aliphatic heterocycles. The van der Waals surface area contributed by atoms with Gasteiger partial charge < -0.3 is 15.9 Å². The highest BCUT2D eigenvalue weighted by molar-refractivity contribution is 7.10. The quantitative estimate of drug-likeness (QED) is 0.642. The first-order valence-electron chi connectivity index (χ1n) is 3.69. The molecule has 0 radical (unpaired) electrons. The molecule has 0 amide bonds. The predicted octanol–water partition coefficient (Wildman–Crippen LogP) is 0.407. The number of hydrogen-bond donors (Lipinski definition) is 3. The molecule has 12 heavy (non-hydrogen) atoms. The molecule has 0 aromatic carbocycles. The molecule has 0 unspecified atom stereocenters. The summed E-state index contributed by atoms with van der Waals surface area (Å²) in [5.74, 6) is 0. The third kappa shape index (κ3) is 1.67. The molecule has 1 rings (SSSR count). The second kappa shape index (κ2) is 3.53. The van der Waals surface area contributed by atoms with Crippen LogP contribution in [0, 0.1) is 0 Å². The topological polar surface area (TPSA) is 66.5 Å². The van der Waals surface area contributed by atoms with Gasteiger partial charge in [0.05, 0.1) is 18.8 Å². The Morgan fingerprint density at radius 1 is 1.58 bits per heavy atom. The first-order valence-corrected chi connectivity index (χ1v) is 4.57. The summed E-state index contributed by atoms with van der Waals surface area (Å²) >= 11 is 1.45. The minimum Gasteiger partial charge on any atom is -0.394 e. The van der Waals surface area contributed by atoms with Crippen LogP contribution in [-0.4, -0.2) is 16.8 Å². The fourth-order valence-electron chi connectivity index (χ4n) is 1.06. The average Bonchev–Trinajstić information content (AvgIpc) is 2.52. The van der Waals surface area contributed by atoms with Crippen molar-refractivity contribution in [1.29, 1.82) is 0 Å². The molecule has 1 heterocycles. The molecule has 1 atom stereocenters. The summed E-state index contributed by atoms with van der Waals surface area (Å²) in [6.45, 7) is 1.62. The van der Waals surface area contributed by atoms with Crippen LogP contribution in [0.15, 0.2) is 11.4 Å². The van der Waals surface area contributed by atoms with Crippen molar-refractivity contribution in [2.45, 2.75) is 19.1 Å². The Morgan fingerprint density at radius 2 is 2.25 bits per heavy atom. The van der Waals surface area contributed by atoms with Crippen molar-refractivity contribution in [1.82, 2.24) is 0 Å². The molecular formula is C8H13NO2S. The normalized spacial score (nSPS) is 16.0. The molecule has 0 saturated carbocycles. The number of aliphatic hydroxyl groups excluding tert-OH is 2. The number of hydrogen-bond acceptors (Lipinski definition) is 4. The van der Waals surface area contributed by atoms with Gasteiger partial charge in [0.2, 0.25) is 0 Å². The van der Waals surface area contributed by atoms with Gasteiger partial charge in [-0.1, -0.05) is 0 Å². The van der Waals surface area contributed by atoms with E-state index in [9.17, 15) is 0 Å². The van der Waals surface area contributed by atoms with E-state index in [4.69, 9.17) is 15.9 Å². The summed E-state index contributed by atoms with van der Waals surface area (Å²) in [6, 6.07) is 1.84. The molecule has 0 bridgehead atoms. The van der Waals surface area contributed by atoms with Gasteiger partial charge in [0, 0.05) is 4.88 Å². The van der Waals surface area contributed by atoms with Gasteiger partial charge in [0.25, 0.3) is 0 Å². The molecule has 68 valence electrons. The zero-order chi connectivity index (χ0) is 9.19. The first kappa shape index (κ1) is 9.67. The van der Waals surface area contributed by atoms with Crippen molar-refractivity contribution in [3.63, 3.8) is 0 Å². The lowest BCUT2D eigenvalue weighted by atomic mass is 9.95. The van der Waals surface area contributed by atoms with Gasteiger partial charge in [-0.2, -0.15) is 0 Å². The number of thiophene rings is 1. The second-order valence-electron chi connectivity index (χ2n) is 2.99. The summed E-state index contributed by atoms with van der Waals surface area (Å²) in [7, 11) is 0. The van der Waals surface area contributed by atoms with Crippen LogP contribution >= 0.6 is 11.3 Å². The van der Waals surface area contributed by atoms with Crippen LogP contribution in [0.1, 0.15) is 17.4 Å². The molecule has 0 spiro atoms. The van der Waals surface area contributed by atoms with Crippen molar-refractivity contribution in [2.75, 3.05) is 6.61 Å². The summed E-state index contributed by atoms with van der Waals surface area (Å²) in [6.07, 6.45) is 0. The van der Waals surface area contributed by atoms with Crippen molar-refractivity contribution >= 4 is 11.3 Å². The van der Waals surface area contributed by atoms with Gasteiger partial charge >= 0.3 is 0 Å². The van der Waals surface area contributed by atoms with E-state index in [1.165, 1.54) is 11.3 Å². The standard InChI is InChI=1S/C8H13NO2S/c1-8(9,5-11)6-2-3-12-7(6)4-10/h2-3,10-11H,4-5,9H2,1H3/t8-/m0/s1. The van der Waals surface area contributed by atoms with E-state index < -0.39 is 5.54 Å². The molecule has 1 aromatic rings. The van der Waals surface area contributed by atoms with E-state index in [-0.39, 0.29) is 13.2 Å². The maximum absolute atomic E-state index is 8.98. The Kier molecular flexibility index (Phi) is 2.85. The fraction of sp³-hybridized carbons (Fsp3) is 0.500. The first-order chi connectivity index (χ1) is 5.61. The predicted molar refractivity (Wildman–Crippen MR) is 48.9 cm³/mol. The van der Waals surface area contributed by atoms with E-state index in [2.05, 4.69) is 0 Å². The lowest BCUT2D eigenvalue weighted by Gasteiger charge is -2.21. The summed E-state index contributed by atoms with van der Waals surface area (Å²) in [5, 5.41) is 19.8. The minimum atomic E-state index is -0.738. The average molecular weight is 187 g/mol. The highest BCUT2D eigenvalue weighted by Gasteiger charge is 2.23. The Hall–Kier alpha value is -0.420. The lowest BCUT2D eigenvalue weighted by Crippen LogP contribution is -2.37. The maximum atomic E-state index is 8.98. The van der Waals surface area contributed by atoms with E-state index >= 15 is 0 Å². The molecule has 3 nitrogen and oxygen atoms in total. The van der Waals surface area contributed by atoms with Crippen LogP contribution in [0.5, 0.6) is 0 Å². The number of rotatable bonds is 3. The van der Waals surface area contributed by atoms with Crippen molar-refractivity contribution < 1.29 is 10.2 Å². The van der Waals surface area contributed by atoms with Gasteiger partial charge in [0.15, 0.2) is 0 Å². The zero-order valence-electron chi connectivity index (χ0n) is 6.95. The van der Waals surface area contributed by atoms with E-state index in [0.29, 0.717) is 0 Å². The SMILES string of the molecule is C[C@](N)(CO)c1ccsc1CO. The van der Waals surface area contributed by atoms with Gasteiger partial charge in [-0.05, 0) is 23.9 Å². The molecular weight excluding hydrogens is 174 g/mol. The van der Waals surface area contributed by atoms with E-state index in [0.717, 1.165) is 10.4 Å². The maximum Gasteiger partial charge on any atom is 0.0777 e. The largest absolute Gasteiger partial charge is 0.394 e. The third-order valence-corrected chi connectivity index (χ3v) is 2.74. The highest BCUT2D eigenvalue weighted by atomic mass is 32.1. The Morgan fingerprint density at radius 3 is 2.75 bits per heavy atom. The van der Waals surface area contributed by atoms with Crippen LogP contribution in [0.4, 0.5) is 0 Å². The lowest BCUT2D eigenvalue weighted by molar-refractivity contribution is 0.206. The molecule has 4 N–H and O–H groups in total. The highest BCUT2D eigenvalue weighted by Crippen LogP contribution is 2.25. The summed E-state index contributed by atoms with van der Waals surface area (Å²) in [5.41, 5.74) is 5.90. The molecule has 1 aromatic heterocycles. The van der Waals surface area contributed by atoms with E-state index in [1.54, 1.807) is 6.92 Å². The van der Waals surface area contributed by atoms with Gasteiger partial charge in [0.1, 0.15) is 0 Å². The Bertz CT molecular complexity index is 257. The van der Waals surface area contributed by atoms with Crippen LogP contribution in [0.2, 0.25) is 0 Å².